The van der Waals surface area contributed by atoms with Gasteiger partial charge in [0.05, 0.1) is 12.0 Å². The van der Waals surface area contributed by atoms with E-state index in [1.807, 2.05) is 37.3 Å². The third kappa shape index (κ3) is 6.09. The summed E-state index contributed by atoms with van der Waals surface area (Å²) in [5, 5.41) is 6.05. The van der Waals surface area contributed by atoms with Crippen LogP contribution in [0.5, 0.6) is 0 Å². The van der Waals surface area contributed by atoms with E-state index in [0.717, 1.165) is 30.5 Å². The topological polar surface area (TPSA) is 61.4 Å². The van der Waals surface area contributed by atoms with Crippen LogP contribution in [-0.2, 0) is 11.2 Å². The summed E-state index contributed by atoms with van der Waals surface area (Å²) in [4.78, 5) is 27.2. The van der Waals surface area contributed by atoms with E-state index in [1.165, 1.54) is 5.56 Å². The fourth-order valence-corrected chi connectivity index (χ4v) is 3.93. The lowest BCUT2D eigenvalue weighted by Gasteiger charge is -2.32. The third-order valence-electron chi connectivity index (χ3n) is 5.59. The van der Waals surface area contributed by atoms with E-state index in [1.54, 1.807) is 4.90 Å². The Kier molecular flexibility index (Phi) is 7.50. The number of hydrogen-bond acceptors (Lipinski definition) is 2. The highest BCUT2D eigenvalue weighted by Gasteiger charge is 2.29. The molecular formula is C25H33N3O2. The molecule has 1 aliphatic rings. The molecule has 3 rings (SSSR count). The molecule has 2 aromatic carbocycles. The van der Waals surface area contributed by atoms with Gasteiger partial charge in [0.2, 0.25) is 5.91 Å². The van der Waals surface area contributed by atoms with Crippen LogP contribution >= 0.6 is 0 Å². The Morgan fingerprint density at radius 2 is 1.73 bits per heavy atom. The molecule has 160 valence electrons. The monoisotopic (exact) mass is 407 g/mol. The molecule has 1 fully saturated rings. The van der Waals surface area contributed by atoms with Crippen molar-refractivity contribution in [2.24, 2.45) is 11.8 Å². The Morgan fingerprint density at radius 1 is 1.03 bits per heavy atom. The molecule has 1 heterocycles. The molecule has 1 aliphatic heterocycles. The molecule has 0 aliphatic carbocycles. The van der Waals surface area contributed by atoms with Crippen LogP contribution in [0, 0.1) is 11.8 Å². The highest BCUT2D eigenvalue weighted by Crippen LogP contribution is 2.21. The molecule has 3 amide bonds. The Balaban J connectivity index is 1.53. The van der Waals surface area contributed by atoms with Gasteiger partial charge in [-0.1, -0.05) is 56.3 Å². The van der Waals surface area contributed by atoms with Gasteiger partial charge in [-0.15, -0.1) is 0 Å². The van der Waals surface area contributed by atoms with Crippen LogP contribution in [0.15, 0.2) is 54.6 Å². The normalized spacial score (nSPS) is 17.5. The molecule has 30 heavy (non-hydrogen) atoms. The third-order valence-corrected chi connectivity index (χ3v) is 5.59. The van der Waals surface area contributed by atoms with E-state index in [9.17, 15) is 9.59 Å². The van der Waals surface area contributed by atoms with Gasteiger partial charge in [-0.3, -0.25) is 4.79 Å². The lowest BCUT2D eigenvalue weighted by molar-refractivity contribution is -0.126. The number of nitrogens with one attached hydrogen (secondary N) is 2. The second kappa shape index (κ2) is 10.3. The maximum absolute atomic E-state index is 12.9. The average molecular weight is 408 g/mol. The lowest BCUT2D eigenvalue weighted by atomic mass is 9.96. The number of rotatable bonds is 6. The van der Waals surface area contributed by atoms with Gasteiger partial charge in [0, 0.05) is 18.8 Å². The number of urea groups is 1. The fraction of sp³-hybridized carbons (Fsp3) is 0.440. The number of carbonyl (C=O) groups is 2. The van der Waals surface area contributed by atoms with Gasteiger partial charge in [-0.2, -0.15) is 0 Å². The van der Waals surface area contributed by atoms with Gasteiger partial charge in [0.1, 0.15) is 0 Å². The SMILES string of the molecule is CC(C)Cc1ccc([C@H](C)NC(=O)[C@@H]2CCCN(C(=O)Nc3ccccc3)C2)cc1. The number of para-hydroxylation sites is 1. The lowest BCUT2D eigenvalue weighted by Crippen LogP contribution is -2.47. The van der Waals surface area contributed by atoms with Gasteiger partial charge in [0.25, 0.3) is 0 Å². The van der Waals surface area contributed by atoms with Crippen LogP contribution in [0.4, 0.5) is 10.5 Å². The second-order valence-electron chi connectivity index (χ2n) is 8.65. The molecule has 0 saturated carbocycles. The van der Waals surface area contributed by atoms with Gasteiger partial charge < -0.3 is 15.5 Å². The molecule has 1 saturated heterocycles. The van der Waals surface area contributed by atoms with Crippen molar-refractivity contribution < 1.29 is 9.59 Å². The number of likely N-dealkylation sites (tertiary alicyclic amines) is 1. The second-order valence-corrected chi connectivity index (χ2v) is 8.65. The van der Waals surface area contributed by atoms with E-state index in [2.05, 4.69) is 48.7 Å². The zero-order valence-electron chi connectivity index (χ0n) is 18.2. The minimum absolute atomic E-state index is 0.0194. The first kappa shape index (κ1) is 21.9. The van der Waals surface area contributed by atoms with Crippen molar-refractivity contribution in [3.8, 4) is 0 Å². The zero-order valence-corrected chi connectivity index (χ0v) is 18.2. The summed E-state index contributed by atoms with van der Waals surface area (Å²) in [6.07, 6.45) is 2.70. The van der Waals surface area contributed by atoms with Crippen LogP contribution in [0.25, 0.3) is 0 Å². The van der Waals surface area contributed by atoms with Crippen LogP contribution in [0.2, 0.25) is 0 Å². The molecule has 0 unspecified atom stereocenters. The smallest absolute Gasteiger partial charge is 0.321 e. The molecule has 2 aromatic rings. The number of piperidine rings is 1. The summed E-state index contributed by atoms with van der Waals surface area (Å²) in [6.45, 7) is 7.56. The summed E-state index contributed by atoms with van der Waals surface area (Å²) in [6, 6.07) is 17.7. The predicted molar refractivity (Wildman–Crippen MR) is 121 cm³/mol. The van der Waals surface area contributed by atoms with Gasteiger partial charge >= 0.3 is 6.03 Å². The van der Waals surface area contributed by atoms with E-state index in [0.29, 0.717) is 19.0 Å². The van der Waals surface area contributed by atoms with Crippen molar-refractivity contribution >= 4 is 17.6 Å². The van der Waals surface area contributed by atoms with E-state index in [4.69, 9.17) is 0 Å². The van der Waals surface area contributed by atoms with E-state index < -0.39 is 0 Å². The maximum atomic E-state index is 12.9. The van der Waals surface area contributed by atoms with E-state index in [-0.39, 0.29) is 23.9 Å². The molecule has 2 N–H and O–H groups in total. The van der Waals surface area contributed by atoms with Gasteiger partial charge in [-0.05, 0) is 55.4 Å². The molecule has 5 heteroatoms. The van der Waals surface area contributed by atoms with Crippen molar-refractivity contribution in [2.45, 2.75) is 46.1 Å². The number of nitrogens with zero attached hydrogens (tertiary/aromatic N) is 1. The number of carbonyl (C=O) groups excluding carboxylic acids is 2. The molecule has 5 nitrogen and oxygen atoms in total. The summed E-state index contributed by atoms with van der Waals surface area (Å²) < 4.78 is 0. The highest BCUT2D eigenvalue weighted by atomic mass is 16.2. The van der Waals surface area contributed by atoms with Crippen molar-refractivity contribution in [2.75, 3.05) is 18.4 Å². The fourth-order valence-electron chi connectivity index (χ4n) is 3.93. The largest absolute Gasteiger partial charge is 0.349 e. The number of anilines is 1. The van der Waals surface area contributed by atoms with Crippen LogP contribution < -0.4 is 10.6 Å². The minimum atomic E-state index is -0.178. The van der Waals surface area contributed by atoms with Crippen molar-refractivity contribution in [3.05, 3.63) is 65.7 Å². The molecule has 0 spiro atoms. The van der Waals surface area contributed by atoms with Crippen LogP contribution in [0.1, 0.15) is 50.8 Å². The Morgan fingerprint density at radius 3 is 2.40 bits per heavy atom. The van der Waals surface area contributed by atoms with Gasteiger partial charge in [-0.25, -0.2) is 4.79 Å². The maximum Gasteiger partial charge on any atom is 0.321 e. The molecular weight excluding hydrogens is 374 g/mol. The summed E-state index contributed by atoms with van der Waals surface area (Å²) in [7, 11) is 0. The predicted octanol–water partition coefficient (Wildman–Crippen LogP) is 5.01. The summed E-state index contributed by atoms with van der Waals surface area (Å²) in [5.41, 5.74) is 3.19. The molecule has 0 bridgehead atoms. The van der Waals surface area contributed by atoms with Crippen LogP contribution in [-0.4, -0.2) is 29.9 Å². The average Bonchev–Trinajstić information content (AvgIpc) is 2.74. The van der Waals surface area contributed by atoms with Gasteiger partial charge in [0.15, 0.2) is 0 Å². The standard InChI is InChI=1S/C25H33N3O2/c1-18(2)16-20-11-13-21(14-12-20)19(3)26-24(29)22-8-7-15-28(17-22)25(30)27-23-9-5-4-6-10-23/h4-6,9-14,18-19,22H,7-8,15-17H2,1-3H3,(H,26,29)(H,27,30)/t19-,22+/m0/s1. The van der Waals surface area contributed by atoms with Crippen molar-refractivity contribution in [3.63, 3.8) is 0 Å². The molecule has 0 aromatic heterocycles. The molecule has 2 atom stereocenters. The van der Waals surface area contributed by atoms with Crippen molar-refractivity contribution in [1.82, 2.24) is 10.2 Å². The Bertz CT molecular complexity index is 833. The van der Waals surface area contributed by atoms with E-state index >= 15 is 0 Å². The first-order valence-electron chi connectivity index (χ1n) is 10.9. The molecule has 0 radical (unpaired) electrons. The van der Waals surface area contributed by atoms with Crippen LogP contribution in [0.3, 0.4) is 0 Å². The number of benzene rings is 2. The summed E-state index contributed by atoms with van der Waals surface area (Å²) in [5.74, 6) is 0.468. The Labute approximate surface area is 179 Å². The van der Waals surface area contributed by atoms with Crippen molar-refractivity contribution in [1.29, 1.82) is 0 Å². The zero-order chi connectivity index (χ0) is 21.5. The first-order valence-corrected chi connectivity index (χ1v) is 10.9. The highest BCUT2D eigenvalue weighted by molar-refractivity contribution is 5.90. The quantitative estimate of drug-likeness (QED) is 0.707. The summed E-state index contributed by atoms with van der Waals surface area (Å²) >= 11 is 0. The first-order chi connectivity index (χ1) is 14.4. The minimum Gasteiger partial charge on any atom is -0.349 e. The number of amides is 3. The number of hydrogen-bond donors (Lipinski definition) is 2. The Hall–Kier alpha value is -2.82.